The maximum Gasteiger partial charge on any atom is 0.339 e. The molecule has 1 amide bonds. The fourth-order valence-electron chi connectivity index (χ4n) is 3.21. The van der Waals surface area contributed by atoms with Crippen LogP contribution in [0, 0.1) is 17.0 Å². The highest BCUT2D eigenvalue weighted by Gasteiger charge is 2.32. The second-order valence-corrected chi connectivity index (χ2v) is 6.44. The van der Waals surface area contributed by atoms with Gasteiger partial charge in [0.25, 0.3) is 11.6 Å². The van der Waals surface area contributed by atoms with Crippen molar-refractivity contribution >= 4 is 17.6 Å². The van der Waals surface area contributed by atoms with Gasteiger partial charge < -0.3 is 9.64 Å². The second-order valence-electron chi connectivity index (χ2n) is 6.44. The lowest BCUT2D eigenvalue weighted by Crippen LogP contribution is -2.35. The van der Waals surface area contributed by atoms with Crippen molar-refractivity contribution in [2.45, 2.75) is 25.9 Å². The van der Waals surface area contributed by atoms with Crippen molar-refractivity contribution in [3.8, 4) is 0 Å². The van der Waals surface area contributed by atoms with Gasteiger partial charge in [0, 0.05) is 30.3 Å². The monoisotopic (exact) mass is 368 g/mol. The van der Waals surface area contributed by atoms with Crippen LogP contribution in [0.1, 0.15) is 40.4 Å². The molecular formula is C20H20N2O5. The van der Waals surface area contributed by atoms with Crippen molar-refractivity contribution in [1.82, 2.24) is 4.90 Å². The lowest BCUT2D eigenvalue weighted by Gasteiger charge is -2.23. The first-order valence-corrected chi connectivity index (χ1v) is 8.77. The summed E-state index contributed by atoms with van der Waals surface area (Å²) in [7, 11) is 0. The molecule has 27 heavy (non-hydrogen) atoms. The first-order valence-electron chi connectivity index (χ1n) is 8.77. The van der Waals surface area contributed by atoms with Gasteiger partial charge in [0.15, 0.2) is 0 Å². The molecule has 3 rings (SSSR count). The van der Waals surface area contributed by atoms with Crippen molar-refractivity contribution in [3.05, 3.63) is 75.3 Å². The highest BCUT2D eigenvalue weighted by Crippen LogP contribution is 2.27. The third kappa shape index (κ3) is 3.97. The number of nitrogens with zero attached hydrogens (tertiary/aromatic N) is 2. The van der Waals surface area contributed by atoms with Gasteiger partial charge in [-0.15, -0.1) is 0 Å². The van der Waals surface area contributed by atoms with E-state index in [1.165, 1.54) is 25.1 Å². The van der Waals surface area contributed by atoms with Crippen LogP contribution in [0.4, 0.5) is 5.69 Å². The van der Waals surface area contributed by atoms with E-state index in [9.17, 15) is 19.7 Å². The molecule has 0 bridgehead atoms. The van der Waals surface area contributed by atoms with Crippen LogP contribution in [0.5, 0.6) is 0 Å². The third-order valence-electron chi connectivity index (χ3n) is 4.69. The van der Waals surface area contributed by atoms with Crippen LogP contribution >= 0.6 is 0 Å². The number of nitro groups is 1. The molecule has 1 heterocycles. The molecule has 0 aliphatic carbocycles. The van der Waals surface area contributed by atoms with Crippen molar-refractivity contribution in [2.75, 3.05) is 13.1 Å². The quantitative estimate of drug-likeness (QED) is 0.458. The maximum absolute atomic E-state index is 12.9. The molecule has 0 spiro atoms. The Kier molecular flexibility index (Phi) is 5.49. The smallest absolute Gasteiger partial charge is 0.339 e. The Hall–Kier alpha value is -3.22. The van der Waals surface area contributed by atoms with Crippen LogP contribution < -0.4 is 0 Å². The Bertz CT molecular complexity index is 860. The van der Waals surface area contributed by atoms with Crippen LogP contribution in [0.25, 0.3) is 0 Å². The summed E-state index contributed by atoms with van der Waals surface area (Å²) in [6, 6.07) is 13.0. The zero-order valence-electron chi connectivity index (χ0n) is 15.0. The predicted molar refractivity (Wildman–Crippen MR) is 98.2 cm³/mol. The summed E-state index contributed by atoms with van der Waals surface area (Å²) < 4.78 is 5.56. The van der Waals surface area contributed by atoms with E-state index in [1.807, 2.05) is 6.07 Å². The molecule has 140 valence electrons. The number of carbonyl (C=O) groups excluding carboxylic acids is 2. The number of ether oxygens (including phenoxy) is 1. The minimum absolute atomic E-state index is 0.0827. The molecule has 0 aromatic heterocycles. The number of likely N-dealkylation sites (tertiary alicyclic amines) is 1. The molecule has 1 fully saturated rings. The summed E-state index contributed by atoms with van der Waals surface area (Å²) in [6.07, 6.45) is 0.770. The molecule has 1 saturated heterocycles. The van der Waals surface area contributed by atoms with E-state index in [0.29, 0.717) is 18.7 Å². The summed E-state index contributed by atoms with van der Waals surface area (Å²) in [5.41, 5.74) is 0.713. The molecule has 1 atom stereocenters. The highest BCUT2D eigenvalue weighted by atomic mass is 16.6. The van der Waals surface area contributed by atoms with E-state index < -0.39 is 17.0 Å². The number of carbonyl (C=O) groups is 2. The summed E-state index contributed by atoms with van der Waals surface area (Å²) in [5.74, 6) is -1.02. The Balaban J connectivity index is 1.90. The van der Waals surface area contributed by atoms with Crippen LogP contribution in [0.3, 0.4) is 0 Å². The Morgan fingerprint density at radius 3 is 2.37 bits per heavy atom. The number of hydrogen-bond acceptors (Lipinski definition) is 5. The molecular weight excluding hydrogens is 348 g/mol. The zero-order chi connectivity index (χ0) is 19.4. The van der Waals surface area contributed by atoms with Crippen molar-refractivity contribution in [3.63, 3.8) is 0 Å². The zero-order valence-corrected chi connectivity index (χ0v) is 15.0. The van der Waals surface area contributed by atoms with Gasteiger partial charge in [-0.3, -0.25) is 14.9 Å². The van der Waals surface area contributed by atoms with E-state index in [0.717, 1.165) is 12.8 Å². The second kappa shape index (κ2) is 7.99. The Morgan fingerprint density at radius 1 is 1.07 bits per heavy atom. The van der Waals surface area contributed by atoms with E-state index in [1.54, 1.807) is 29.2 Å². The van der Waals surface area contributed by atoms with Gasteiger partial charge in [0.1, 0.15) is 0 Å². The number of rotatable bonds is 5. The third-order valence-corrected chi connectivity index (χ3v) is 4.69. The molecule has 1 aliphatic heterocycles. The minimum Gasteiger partial charge on any atom is -0.444 e. The average molecular weight is 368 g/mol. The van der Waals surface area contributed by atoms with Crippen LogP contribution in [0.15, 0.2) is 48.5 Å². The summed E-state index contributed by atoms with van der Waals surface area (Å²) in [5, 5.41) is 11.1. The fraction of sp³-hybridized carbons (Fsp3) is 0.300. The van der Waals surface area contributed by atoms with Gasteiger partial charge in [0.2, 0.25) is 6.10 Å². The van der Waals surface area contributed by atoms with Gasteiger partial charge in [-0.25, -0.2) is 4.79 Å². The maximum atomic E-state index is 12.9. The lowest BCUT2D eigenvalue weighted by molar-refractivity contribution is -0.385. The highest BCUT2D eigenvalue weighted by molar-refractivity contribution is 5.94. The normalized spacial score (nSPS) is 14.6. The topological polar surface area (TPSA) is 89.8 Å². The number of nitro benzene ring substituents is 1. The number of benzene rings is 2. The first kappa shape index (κ1) is 18.6. The van der Waals surface area contributed by atoms with Crippen LogP contribution in [0.2, 0.25) is 0 Å². The standard InChI is InChI=1S/C20H20N2O5/c1-14-16(10-7-11-17(14)22(25)26)20(24)27-18(15-8-3-2-4-9-15)19(23)21-12-5-6-13-21/h2-4,7-11,18H,5-6,12-13H2,1H3/t18-/m1/s1. The summed E-state index contributed by atoms with van der Waals surface area (Å²) in [4.78, 5) is 37.9. The Labute approximate surface area is 156 Å². The van der Waals surface area contributed by atoms with Gasteiger partial charge in [-0.2, -0.15) is 0 Å². The number of amides is 1. The Morgan fingerprint density at radius 2 is 1.74 bits per heavy atom. The van der Waals surface area contributed by atoms with Gasteiger partial charge in [-0.1, -0.05) is 36.4 Å². The number of esters is 1. The van der Waals surface area contributed by atoms with Crippen molar-refractivity contribution < 1.29 is 19.2 Å². The molecule has 1 aliphatic rings. The van der Waals surface area contributed by atoms with Crippen molar-refractivity contribution in [1.29, 1.82) is 0 Å². The van der Waals surface area contributed by atoms with Crippen LogP contribution in [-0.2, 0) is 9.53 Å². The molecule has 0 saturated carbocycles. The largest absolute Gasteiger partial charge is 0.444 e. The summed E-state index contributed by atoms with van der Waals surface area (Å²) >= 11 is 0. The lowest BCUT2D eigenvalue weighted by atomic mass is 10.1. The number of hydrogen-bond donors (Lipinski definition) is 0. The molecule has 0 radical (unpaired) electrons. The molecule has 7 nitrogen and oxygen atoms in total. The fourth-order valence-corrected chi connectivity index (χ4v) is 3.21. The van der Waals surface area contributed by atoms with E-state index in [-0.39, 0.29) is 22.7 Å². The van der Waals surface area contributed by atoms with Gasteiger partial charge in [-0.05, 0) is 25.8 Å². The van der Waals surface area contributed by atoms with Crippen LogP contribution in [-0.4, -0.2) is 34.8 Å². The van der Waals surface area contributed by atoms with Gasteiger partial charge >= 0.3 is 5.97 Å². The average Bonchev–Trinajstić information content (AvgIpc) is 3.21. The molecule has 2 aromatic carbocycles. The van der Waals surface area contributed by atoms with E-state index in [2.05, 4.69) is 0 Å². The van der Waals surface area contributed by atoms with E-state index in [4.69, 9.17) is 4.74 Å². The molecule has 7 heteroatoms. The van der Waals surface area contributed by atoms with Crippen molar-refractivity contribution in [2.24, 2.45) is 0 Å². The van der Waals surface area contributed by atoms with E-state index >= 15 is 0 Å². The molecule has 2 aromatic rings. The SMILES string of the molecule is Cc1c(C(=O)O[C@@H](C(=O)N2CCCC2)c2ccccc2)cccc1[N+](=O)[O-]. The summed E-state index contributed by atoms with van der Waals surface area (Å²) in [6.45, 7) is 2.76. The molecule has 0 unspecified atom stereocenters. The molecule has 0 N–H and O–H groups in total. The van der Waals surface area contributed by atoms with Gasteiger partial charge in [0.05, 0.1) is 10.5 Å². The first-order chi connectivity index (χ1) is 13.0. The minimum atomic E-state index is -1.07. The predicted octanol–water partition coefficient (Wildman–Crippen LogP) is 3.42.